The van der Waals surface area contributed by atoms with Gasteiger partial charge in [-0.15, -0.1) is 0 Å². The molecule has 0 radical (unpaired) electrons. The summed E-state index contributed by atoms with van der Waals surface area (Å²) in [5.41, 5.74) is 0.292. The molecule has 0 aromatic rings. The molecule has 2 saturated heterocycles. The van der Waals surface area contributed by atoms with E-state index in [0.717, 1.165) is 19.6 Å². The van der Waals surface area contributed by atoms with Gasteiger partial charge in [-0.3, -0.25) is 4.79 Å². The quantitative estimate of drug-likeness (QED) is 0.791. The molecule has 19 heavy (non-hydrogen) atoms. The highest BCUT2D eigenvalue weighted by Crippen LogP contribution is 2.29. The first-order valence-electron chi connectivity index (χ1n) is 7.80. The molecule has 2 rings (SSSR count). The average molecular weight is 267 g/mol. The van der Waals surface area contributed by atoms with Gasteiger partial charge in [0.05, 0.1) is 0 Å². The molecule has 0 aromatic carbocycles. The van der Waals surface area contributed by atoms with E-state index in [2.05, 4.69) is 29.4 Å². The molecule has 0 spiro atoms. The van der Waals surface area contributed by atoms with E-state index < -0.39 is 0 Å². The summed E-state index contributed by atoms with van der Waals surface area (Å²) < 4.78 is 0. The number of amides is 1. The van der Waals surface area contributed by atoms with E-state index in [1.165, 1.54) is 38.8 Å². The largest absolute Gasteiger partial charge is 0.354 e. The molecule has 1 atom stereocenters. The van der Waals surface area contributed by atoms with E-state index in [1.807, 2.05) is 0 Å². The van der Waals surface area contributed by atoms with Gasteiger partial charge < -0.3 is 15.5 Å². The van der Waals surface area contributed by atoms with E-state index >= 15 is 0 Å². The lowest BCUT2D eigenvalue weighted by molar-refractivity contribution is -0.121. The fraction of sp³-hybridized carbons (Fsp3) is 0.933. The van der Waals surface area contributed by atoms with Gasteiger partial charge in [-0.25, -0.2) is 0 Å². The smallest absolute Gasteiger partial charge is 0.221 e. The zero-order valence-corrected chi connectivity index (χ0v) is 12.5. The van der Waals surface area contributed by atoms with Crippen LogP contribution in [0, 0.1) is 5.41 Å². The Kier molecular flexibility index (Phi) is 5.22. The number of hydrogen-bond acceptors (Lipinski definition) is 3. The van der Waals surface area contributed by atoms with Crippen LogP contribution < -0.4 is 10.6 Å². The number of likely N-dealkylation sites (tertiary alicyclic amines) is 1. The summed E-state index contributed by atoms with van der Waals surface area (Å²) in [4.78, 5) is 14.3. The molecule has 2 aliphatic heterocycles. The van der Waals surface area contributed by atoms with Gasteiger partial charge in [-0.2, -0.15) is 0 Å². The maximum atomic E-state index is 11.9. The van der Waals surface area contributed by atoms with Crippen molar-refractivity contribution in [1.29, 1.82) is 0 Å². The molecule has 4 nitrogen and oxygen atoms in total. The second-order valence-electron chi connectivity index (χ2n) is 6.70. The normalized spacial score (nSPS) is 27.4. The molecule has 1 unspecified atom stereocenters. The highest BCUT2D eigenvalue weighted by Gasteiger charge is 2.31. The van der Waals surface area contributed by atoms with Crippen LogP contribution in [0.4, 0.5) is 0 Å². The summed E-state index contributed by atoms with van der Waals surface area (Å²) in [5, 5.41) is 6.64. The molecule has 0 saturated carbocycles. The first kappa shape index (κ1) is 14.8. The third-order valence-corrected chi connectivity index (χ3v) is 4.69. The minimum absolute atomic E-state index is 0.204. The molecule has 2 heterocycles. The first-order valence-corrected chi connectivity index (χ1v) is 7.80. The van der Waals surface area contributed by atoms with Crippen LogP contribution in [0.15, 0.2) is 0 Å². The number of rotatable bonds is 5. The Morgan fingerprint density at radius 1 is 1.32 bits per heavy atom. The third-order valence-electron chi connectivity index (χ3n) is 4.69. The van der Waals surface area contributed by atoms with Gasteiger partial charge in [-0.05, 0) is 50.7 Å². The van der Waals surface area contributed by atoms with E-state index in [4.69, 9.17) is 0 Å². The maximum absolute atomic E-state index is 11.9. The topological polar surface area (TPSA) is 44.4 Å². The third kappa shape index (κ3) is 4.46. The van der Waals surface area contributed by atoms with Gasteiger partial charge in [-0.1, -0.05) is 13.8 Å². The summed E-state index contributed by atoms with van der Waals surface area (Å²) in [6, 6.07) is 0.414. The zero-order chi connectivity index (χ0) is 13.7. The van der Waals surface area contributed by atoms with Crippen LogP contribution in [0.25, 0.3) is 0 Å². The molecule has 0 aliphatic carbocycles. The molecule has 4 heteroatoms. The summed E-state index contributed by atoms with van der Waals surface area (Å²) in [7, 11) is 0. The van der Waals surface area contributed by atoms with Crippen molar-refractivity contribution in [3.63, 3.8) is 0 Å². The van der Waals surface area contributed by atoms with Crippen molar-refractivity contribution in [2.75, 3.05) is 32.7 Å². The van der Waals surface area contributed by atoms with Crippen molar-refractivity contribution >= 4 is 5.91 Å². The number of piperidine rings is 1. The van der Waals surface area contributed by atoms with Crippen LogP contribution in [0.2, 0.25) is 0 Å². The Balaban J connectivity index is 1.64. The van der Waals surface area contributed by atoms with Crippen molar-refractivity contribution in [2.24, 2.45) is 5.41 Å². The van der Waals surface area contributed by atoms with Gasteiger partial charge in [0, 0.05) is 25.6 Å². The second kappa shape index (κ2) is 6.71. The second-order valence-corrected chi connectivity index (χ2v) is 6.70. The Morgan fingerprint density at radius 3 is 2.74 bits per heavy atom. The lowest BCUT2D eigenvalue weighted by Crippen LogP contribution is -2.52. The average Bonchev–Trinajstić information content (AvgIpc) is 2.87. The van der Waals surface area contributed by atoms with Gasteiger partial charge in [0.25, 0.3) is 0 Å². The SMILES string of the molecule is CC1(C)CCCNC1CNC(=O)CCN1CCCC1. The highest BCUT2D eigenvalue weighted by atomic mass is 16.1. The Bertz CT molecular complexity index is 298. The summed E-state index contributed by atoms with van der Waals surface area (Å²) in [6.45, 7) is 9.70. The van der Waals surface area contributed by atoms with Crippen molar-refractivity contribution in [3.05, 3.63) is 0 Å². The summed E-state index contributed by atoms with van der Waals surface area (Å²) in [6.07, 6.45) is 5.72. The fourth-order valence-corrected chi connectivity index (χ4v) is 3.19. The van der Waals surface area contributed by atoms with Gasteiger partial charge in [0.1, 0.15) is 0 Å². The van der Waals surface area contributed by atoms with Crippen molar-refractivity contribution < 1.29 is 4.79 Å². The maximum Gasteiger partial charge on any atom is 0.221 e. The van der Waals surface area contributed by atoms with Crippen LogP contribution in [0.5, 0.6) is 0 Å². The van der Waals surface area contributed by atoms with Crippen LogP contribution in [0.3, 0.4) is 0 Å². The highest BCUT2D eigenvalue weighted by molar-refractivity contribution is 5.76. The molecule has 0 bridgehead atoms. The van der Waals surface area contributed by atoms with E-state index in [0.29, 0.717) is 17.9 Å². The predicted octanol–water partition coefficient (Wildman–Crippen LogP) is 1.37. The minimum atomic E-state index is 0.204. The van der Waals surface area contributed by atoms with Crippen LogP contribution in [0.1, 0.15) is 46.0 Å². The van der Waals surface area contributed by atoms with Gasteiger partial charge in [0.15, 0.2) is 0 Å². The lowest BCUT2D eigenvalue weighted by Gasteiger charge is -2.39. The van der Waals surface area contributed by atoms with Crippen LogP contribution >= 0.6 is 0 Å². The molecule has 0 aromatic heterocycles. The minimum Gasteiger partial charge on any atom is -0.354 e. The van der Waals surface area contributed by atoms with Crippen LogP contribution in [-0.2, 0) is 4.79 Å². The molecule has 2 aliphatic rings. The molecule has 1 amide bonds. The predicted molar refractivity (Wildman–Crippen MR) is 78.1 cm³/mol. The molecular weight excluding hydrogens is 238 g/mol. The standard InChI is InChI=1S/C15H29N3O/c1-15(2)7-5-8-16-13(15)12-17-14(19)6-11-18-9-3-4-10-18/h13,16H,3-12H2,1-2H3,(H,17,19). The number of nitrogens with zero attached hydrogens (tertiary/aromatic N) is 1. The van der Waals surface area contributed by atoms with Crippen LogP contribution in [-0.4, -0.2) is 49.6 Å². The number of carbonyl (C=O) groups is 1. The van der Waals surface area contributed by atoms with Gasteiger partial charge in [0.2, 0.25) is 5.91 Å². The summed E-state index contributed by atoms with van der Waals surface area (Å²) >= 11 is 0. The van der Waals surface area contributed by atoms with Crippen molar-refractivity contribution in [2.45, 2.75) is 52.0 Å². The fourth-order valence-electron chi connectivity index (χ4n) is 3.19. The molecule has 110 valence electrons. The lowest BCUT2D eigenvalue weighted by atomic mass is 9.77. The van der Waals surface area contributed by atoms with Gasteiger partial charge >= 0.3 is 0 Å². The molecular formula is C15H29N3O. The first-order chi connectivity index (χ1) is 9.08. The van der Waals surface area contributed by atoms with Crippen molar-refractivity contribution in [1.82, 2.24) is 15.5 Å². The van der Waals surface area contributed by atoms with E-state index in [1.54, 1.807) is 0 Å². The summed E-state index contributed by atoms with van der Waals surface area (Å²) in [5.74, 6) is 0.204. The number of nitrogens with one attached hydrogen (secondary N) is 2. The van der Waals surface area contributed by atoms with E-state index in [-0.39, 0.29) is 5.91 Å². The Morgan fingerprint density at radius 2 is 2.05 bits per heavy atom. The monoisotopic (exact) mass is 267 g/mol. The molecule has 2 N–H and O–H groups in total. The van der Waals surface area contributed by atoms with E-state index in [9.17, 15) is 4.79 Å². The zero-order valence-electron chi connectivity index (χ0n) is 12.5. The molecule has 2 fully saturated rings. The Labute approximate surface area is 117 Å². The number of hydrogen-bond donors (Lipinski definition) is 2. The van der Waals surface area contributed by atoms with Crippen molar-refractivity contribution in [3.8, 4) is 0 Å². The Hall–Kier alpha value is -0.610. The number of carbonyl (C=O) groups excluding carboxylic acids is 1.